The Kier molecular flexibility index (Phi) is 4.62. The van der Waals surface area contributed by atoms with Gasteiger partial charge in [-0.1, -0.05) is 11.6 Å². The zero-order valence-corrected chi connectivity index (χ0v) is 12.5. The van der Waals surface area contributed by atoms with Gasteiger partial charge < -0.3 is 5.32 Å². The molecule has 0 saturated carbocycles. The first-order valence-corrected chi connectivity index (χ1v) is 7.28. The largest absolute Gasteiger partial charge is 0.308 e. The summed E-state index contributed by atoms with van der Waals surface area (Å²) in [5.74, 6) is 0. The fourth-order valence-electron chi connectivity index (χ4n) is 1.51. The van der Waals surface area contributed by atoms with E-state index in [9.17, 15) is 0 Å². The molecule has 0 radical (unpaired) electrons. The molecule has 0 aromatic carbocycles. The van der Waals surface area contributed by atoms with Gasteiger partial charge in [0, 0.05) is 34.3 Å². The van der Waals surface area contributed by atoms with Crippen LogP contribution < -0.4 is 5.32 Å². The molecule has 2 aromatic heterocycles. The molecule has 0 aliphatic rings. The number of hydrogen-bond acceptors (Lipinski definition) is 3. The summed E-state index contributed by atoms with van der Waals surface area (Å²) >= 11 is 11.0. The van der Waals surface area contributed by atoms with Crippen LogP contribution in [0.3, 0.4) is 0 Å². The van der Waals surface area contributed by atoms with Crippen LogP contribution >= 0.6 is 38.9 Å². The molecule has 17 heavy (non-hydrogen) atoms. The van der Waals surface area contributed by atoms with Crippen LogP contribution in [0.15, 0.2) is 29.0 Å². The zero-order valence-electron chi connectivity index (χ0n) is 9.36. The van der Waals surface area contributed by atoms with Crippen LogP contribution in [-0.2, 0) is 13.1 Å². The van der Waals surface area contributed by atoms with Crippen LogP contribution in [0.25, 0.3) is 0 Å². The van der Waals surface area contributed by atoms with Gasteiger partial charge in [-0.3, -0.25) is 4.68 Å². The lowest BCUT2D eigenvalue weighted by atomic mass is 10.3. The molecule has 0 aliphatic heterocycles. The molecule has 1 N–H and O–H groups in total. The summed E-state index contributed by atoms with van der Waals surface area (Å²) in [4.78, 5) is 1.23. The molecular formula is C11H13BrClN3S. The van der Waals surface area contributed by atoms with E-state index < -0.39 is 0 Å². The maximum absolute atomic E-state index is 5.99. The van der Waals surface area contributed by atoms with Crippen LogP contribution in [0.5, 0.6) is 0 Å². The molecule has 0 aliphatic carbocycles. The lowest BCUT2D eigenvalue weighted by molar-refractivity contribution is 0.452. The van der Waals surface area contributed by atoms with Gasteiger partial charge in [-0.25, -0.2) is 0 Å². The average molecular weight is 335 g/mol. The Morgan fingerprint density at radius 3 is 3.06 bits per heavy atom. The summed E-state index contributed by atoms with van der Waals surface area (Å²) in [6.07, 6.45) is 3.76. The number of thiophene rings is 1. The first-order valence-electron chi connectivity index (χ1n) is 5.29. The third kappa shape index (κ3) is 3.81. The van der Waals surface area contributed by atoms with Gasteiger partial charge in [0.2, 0.25) is 0 Å². The van der Waals surface area contributed by atoms with E-state index in [-0.39, 0.29) is 0 Å². The second-order valence-corrected chi connectivity index (χ2v) is 6.44. The number of halogens is 2. The summed E-state index contributed by atoms with van der Waals surface area (Å²) in [5.41, 5.74) is 0. The van der Waals surface area contributed by atoms with Crippen molar-refractivity contribution in [2.45, 2.75) is 26.1 Å². The van der Waals surface area contributed by atoms with Crippen LogP contribution in [0, 0.1) is 0 Å². The van der Waals surface area contributed by atoms with Gasteiger partial charge in [-0.05, 0) is 35.0 Å². The molecule has 0 amide bonds. The van der Waals surface area contributed by atoms with Crippen molar-refractivity contribution >= 4 is 38.9 Å². The van der Waals surface area contributed by atoms with Crippen molar-refractivity contribution in [1.82, 2.24) is 15.1 Å². The smallest absolute Gasteiger partial charge is 0.107 e. The molecule has 0 saturated heterocycles. The van der Waals surface area contributed by atoms with Gasteiger partial charge in [-0.15, -0.1) is 11.3 Å². The minimum atomic E-state index is 0.370. The molecule has 2 heterocycles. The Labute approximate surface area is 118 Å². The Morgan fingerprint density at radius 1 is 1.65 bits per heavy atom. The predicted molar refractivity (Wildman–Crippen MR) is 75.6 cm³/mol. The molecule has 3 nitrogen and oxygen atoms in total. The quantitative estimate of drug-likeness (QED) is 0.906. The number of nitrogens with zero attached hydrogens (tertiary/aromatic N) is 2. The lowest BCUT2D eigenvalue weighted by Crippen LogP contribution is -2.29. The summed E-state index contributed by atoms with van der Waals surface area (Å²) in [5, 5.41) is 7.63. The number of aromatic nitrogens is 2. The van der Waals surface area contributed by atoms with E-state index in [2.05, 4.69) is 39.3 Å². The van der Waals surface area contributed by atoms with Gasteiger partial charge >= 0.3 is 0 Å². The van der Waals surface area contributed by atoms with Gasteiger partial charge in [-0.2, -0.15) is 5.10 Å². The van der Waals surface area contributed by atoms with E-state index in [4.69, 9.17) is 11.6 Å². The van der Waals surface area contributed by atoms with Gasteiger partial charge in [0.05, 0.1) is 6.54 Å². The Morgan fingerprint density at radius 2 is 2.47 bits per heavy atom. The molecule has 0 spiro atoms. The van der Waals surface area contributed by atoms with E-state index in [1.165, 1.54) is 4.88 Å². The van der Waals surface area contributed by atoms with E-state index in [1.54, 1.807) is 17.5 Å². The molecule has 6 heteroatoms. The van der Waals surface area contributed by atoms with Gasteiger partial charge in [0.15, 0.2) is 0 Å². The SMILES string of the molecule is CC(Cn1cccn1)NCc1cc(Br)c(Cl)s1. The van der Waals surface area contributed by atoms with Crippen LogP contribution in [0.2, 0.25) is 4.34 Å². The molecular weight excluding hydrogens is 322 g/mol. The topological polar surface area (TPSA) is 29.9 Å². The lowest BCUT2D eigenvalue weighted by Gasteiger charge is -2.12. The van der Waals surface area contributed by atoms with E-state index >= 15 is 0 Å². The number of nitrogens with one attached hydrogen (secondary N) is 1. The Balaban J connectivity index is 1.81. The van der Waals surface area contributed by atoms with E-state index in [0.717, 1.165) is 21.9 Å². The standard InChI is InChI=1S/C11H13BrClN3S/c1-8(7-16-4-2-3-15-16)14-6-9-5-10(12)11(13)17-9/h2-5,8,14H,6-7H2,1H3. The fourth-order valence-corrected chi connectivity index (χ4v) is 3.25. The molecule has 0 bridgehead atoms. The van der Waals surface area contributed by atoms with Crippen molar-refractivity contribution in [3.05, 3.63) is 38.2 Å². The van der Waals surface area contributed by atoms with E-state index in [1.807, 2.05) is 16.9 Å². The van der Waals surface area contributed by atoms with Crippen molar-refractivity contribution < 1.29 is 0 Å². The van der Waals surface area contributed by atoms with Crippen molar-refractivity contribution in [2.24, 2.45) is 0 Å². The highest BCUT2D eigenvalue weighted by Gasteiger charge is 2.07. The summed E-state index contributed by atoms with van der Waals surface area (Å²) in [7, 11) is 0. The Bertz CT molecular complexity index is 450. The Hall–Kier alpha value is -0.360. The minimum Gasteiger partial charge on any atom is -0.308 e. The predicted octanol–water partition coefficient (Wildman–Crippen LogP) is 3.54. The first kappa shape index (κ1) is 13.1. The molecule has 1 atom stereocenters. The normalized spacial score (nSPS) is 12.9. The number of rotatable bonds is 5. The van der Waals surface area contributed by atoms with Crippen LogP contribution in [-0.4, -0.2) is 15.8 Å². The molecule has 2 rings (SSSR count). The summed E-state index contributed by atoms with van der Waals surface area (Å²) in [6.45, 7) is 3.84. The highest BCUT2D eigenvalue weighted by molar-refractivity contribution is 9.10. The third-order valence-electron chi connectivity index (χ3n) is 2.34. The van der Waals surface area contributed by atoms with Crippen LogP contribution in [0.4, 0.5) is 0 Å². The molecule has 1 unspecified atom stereocenters. The first-order chi connectivity index (χ1) is 8.15. The second kappa shape index (κ2) is 6.00. The number of hydrogen-bond donors (Lipinski definition) is 1. The molecule has 0 fully saturated rings. The van der Waals surface area contributed by atoms with E-state index in [0.29, 0.717) is 6.04 Å². The highest BCUT2D eigenvalue weighted by Crippen LogP contribution is 2.31. The zero-order chi connectivity index (χ0) is 12.3. The fraction of sp³-hybridized carbons (Fsp3) is 0.364. The van der Waals surface area contributed by atoms with Gasteiger partial charge in [0.25, 0.3) is 0 Å². The highest BCUT2D eigenvalue weighted by atomic mass is 79.9. The van der Waals surface area contributed by atoms with Crippen molar-refractivity contribution in [2.75, 3.05) is 0 Å². The van der Waals surface area contributed by atoms with Crippen LogP contribution in [0.1, 0.15) is 11.8 Å². The maximum atomic E-state index is 5.99. The average Bonchev–Trinajstić information content (AvgIpc) is 2.87. The van der Waals surface area contributed by atoms with Gasteiger partial charge in [0.1, 0.15) is 4.34 Å². The van der Waals surface area contributed by atoms with Crippen molar-refractivity contribution in [3.8, 4) is 0 Å². The van der Waals surface area contributed by atoms with Crippen molar-refractivity contribution in [3.63, 3.8) is 0 Å². The molecule has 92 valence electrons. The maximum Gasteiger partial charge on any atom is 0.107 e. The molecule has 2 aromatic rings. The van der Waals surface area contributed by atoms with Crippen molar-refractivity contribution in [1.29, 1.82) is 0 Å². The minimum absolute atomic E-state index is 0.370. The summed E-state index contributed by atoms with van der Waals surface area (Å²) in [6, 6.07) is 4.36. The monoisotopic (exact) mass is 333 g/mol. The third-order valence-corrected chi connectivity index (χ3v) is 4.82. The second-order valence-electron chi connectivity index (χ2n) is 3.84. The summed E-state index contributed by atoms with van der Waals surface area (Å²) < 4.78 is 3.71.